The molecule has 0 spiro atoms. The second-order valence-corrected chi connectivity index (χ2v) is 3.69. The van der Waals surface area contributed by atoms with Crippen molar-refractivity contribution in [1.29, 1.82) is 0 Å². The maximum absolute atomic E-state index is 11.8. The van der Waals surface area contributed by atoms with Crippen LogP contribution >= 0.6 is 0 Å². The highest BCUT2D eigenvalue weighted by atomic mass is 16.6. The summed E-state index contributed by atoms with van der Waals surface area (Å²) in [6, 6.07) is 9.53. The predicted octanol–water partition coefficient (Wildman–Crippen LogP) is 2.15. The van der Waals surface area contributed by atoms with Crippen LogP contribution in [0, 0.1) is 0 Å². The molecule has 1 aliphatic rings. The van der Waals surface area contributed by atoms with E-state index in [1.807, 2.05) is 30.3 Å². The molecule has 0 aliphatic carbocycles. The lowest BCUT2D eigenvalue weighted by Crippen LogP contribution is -2.33. The molecule has 18 heavy (non-hydrogen) atoms. The summed E-state index contributed by atoms with van der Waals surface area (Å²) in [6.45, 7) is 0.546. The van der Waals surface area contributed by atoms with Crippen molar-refractivity contribution in [1.82, 2.24) is 4.90 Å². The number of nitrogens with zero attached hydrogens (tertiary/aromatic N) is 2. The van der Waals surface area contributed by atoms with Gasteiger partial charge in [-0.05, 0) is 5.56 Å². The van der Waals surface area contributed by atoms with Gasteiger partial charge in [-0.1, -0.05) is 30.3 Å². The Kier molecular flexibility index (Phi) is 3.96. The van der Waals surface area contributed by atoms with Gasteiger partial charge >= 0.3 is 6.09 Å². The van der Waals surface area contributed by atoms with Gasteiger partial charge < -0.3 is 9.47 Å². The summed E-state index contributed by atoms with van der Waals surface area (Å²) in [5.41, 5.74) is 0.951. The van der Waals surface area contributed by atoms with Crippen LogP contribution in [0.5, 0.6) is 0 Å². The molecule has 0 aromatic heterocycles. The fourth-order valence-electron chi connectivity index (χ4n) is 1.48. The van der Waals surface area contributed by atoms with E-state index in [0.717, 1.165) is 5.56 Å². The number of benzene rings is 1. The van der Waals surface area contributed by atoms with Crippen molar-refractivity contribution in [2.75, 3.05) is 13.7 Å². The highest BCUT2D eigenvalue weighted by Crippen LogP contribution is 2.06. The number of amides is 1. The van der Waals surface area contributed by atoms with Gasteiger partial charge in [0.15, 0.2) is 0 Å². The zero-order valence-corrected chi connectivity index (χ0v) is 10.1. The molecule has 5 heteroatoms. The summed E-state index contributed by atoms with van der Waals surface area (Å²) in [5, 5.41) is 0. The van der Waals surface area contributed by atoms with E-state index in [0.29, 0.717) is 12.4 Å². The van der Waals surface area contributed by atoms with Crippen molar-refractivity contribution in [2.24, 2.45) is 4.99 Å². The fourth-order valence-corrected chi connectivity index (χ4v) is 1.48. The number of carbonyl (C=O) groups is 1. The van der Waals surface area contributed by atoms with E-state index >= 15 is 0 Å². The van der Waals surface area contributed by atoms with Crippen LogP contribution in [0.3, 0.4) is 0 Å². The van der Waals surface area contributed by atoms with Gasteiger partial charge in [0.05, 0.1) is 7.11 Å². The van der Waals surface area contributed by atoms with Gasteiger partial charge in [-0.2, -0.15) is 0 Å². The van der Waals surface area contributed by atoms with Gasteiger partial charge in [-0.15, -0.1) is 0 Å². The fraction of sp³-hybridized carbons (Fsp3) is 0.231. The first-order valence-electron chi connectivity index (χ1n) is 5.54. The van der Waals surface area contributed by atoms with Gasteiger partial charge in [-0.3, -0.25) is 4.90 Å². The van der Waals surface area contributed by atoms with Crippen LogP contribution in [-0.2, 0) is 16.1 Å². The first-order valence-corrected chi connectivity index (χ1v) is 5.54. The van der Waals surface area contributed by atoms with Crippen molar-refractivity contribution in [3.05, 3.63) is 48.3 Å². The molecule has 0 fully saturated rings. The quantitative estimate of drug-likeness (QED) is 0.803. The van der Waals surface area contributed by atoms with Gasteiger partial charge in [0.2, 0.25) is 5.90 Å². The molecule has 0 saturated carbocycles. The Hall–Kier alpha value is -2.30. The van der Waals surface area contributed by atoms with Crippen molar-refractivity contribution < 1.29 is 14.3 Å². The molecule has 0 radical (unpaired) electrons. The maximum Gasteiger partial charge on any atom is 0.414 e. The Morgan fingerprint density at radius 2 is 2.17 bits per heavy atom. The van der Waals surface area contributed by atoms with Crippen molar-refractivity contribution in [2.45, 2.75) is 6.61 Å². The van der Waals surface area contributed by atoms with E-state index < -0.39 is 6.09 Å². The molecule has 2 rings (SSSR count). The SMILES string of the molecule is COC1=NC=CN(C(=O)OCc2ccccc2)C1. The van der Waals surface area contributed by atoms with Gasteiger partial charge in [0, 0.05) is 12.4 Å². The van der Waals surface area contributed by atoms with E-state index in [-0.39, 0.29) is 6.61 Å². The molecule has 1 aromatic carbocycles. The van der Waals surface area contributed by atoms with Crippen molar-refractivity contribution in [3.63, 3.8) is 0 Å². The van der Waals surface area contributed by atoms with Gasteiger partial charge in [0.1, 0.15) is 13.2 Å². The summed E-state index contributed by atoms with van der Waals surface area (Å²) in [4.78, 5) is 17.1. The number of methoxy groups -OCH3 is 1. The molecule has 1 amide bonds. The van der Waals surface area contributed by atoms with Crippen LogP contribution in [0.15, 0.2) is 47.7 Å². The standard InChI is InChI=1S/C13H14N2O3/c1-17-12-9-15(8-7-14-12)13(16)18-10-11-5-3-2-4-6-11/h2-8H,9-10H2,1H3. The van der Waals surface area contributed by atoms with E-state index in [2.05, 4.69) is 4.99 Å². The second-order valence-electron chi connectivity index (χ2n) is 3.69. The van der Waals surface area contributed by atoms with Crippen molar-refractivity contribution in [3.8, 4) is 0 Å². The number of rotatable bonds is 2. The van der Waals surface area contributed by atoms with Crippen LogP contribution in [0.4, 0.5) is 4.79 Å². The number of hydrogen-bond donors (Lipinski definition) is 0. The van der Waals surface area contributed by atoms with Crippen LogP contribution < -0.4 is 0 Å². The molecule has 1 aromatic rings. The lowest BCUT2D eigenvalue weighted by Gasteiger charge is -2.20. The van der Waals surface area contributed by atoms with Crippen LogP contribution in [0.1, 0.15) is 5.56 Å². The average molecular weight is 246 g/mol. The van der Waals surface area contributed by atoms with Crippen LogP contribution in [-0.4, -0.2) is 30.5 Å². The molecule has 5 nitrogen and oxygen atoms in total. The molecule has 0 unspecified atom stereocenters. The third-order valence-corrected chi connectivity index (χ3v) is 2.45. The minimum atomic E-state index is -0.417. The second kappa shape index (κ2) is 5.86. The van der Waals surface area contributed by atoms with E-state index in [4.69, 9.17) is 9.47 Å². The van der Waals surface area contributed by atoms with E-state index in [1.54, 1.807) is 6.20 Å². The maximum atomic E-state index is 11.8. The number of carbonyl (C=O) groups excluding carboxylic acids is 1. The Bertz CT molecular complexity index is 468. The smallest absolute Gasteiger partial charge is 0.414 e. The van der Waals surface area contributed by atoms with Gasteiger partial charge in [0.25, 0.3) is 0 Å². The molecule has 1 aliphatic heterocycles. The Morgan fingerprint density at radius 1 is 1.39 bits per heavy atom. The molecule has 0 atom stereocenters. The summed E-state index contributed by atoms with van der Waals surface area (Å²) < 4.78 is 10.2. The number of hydrogen-bond acceptors (Lipinski definition) is 4. The zero-order chi connectivity index (χ0) is 12.8. The summed E-state index contributed by atoms with van der Waals surface area (Å²) in [6.07, 6.45) is 2.65. The minimum absolute atomic E-state index is 0.253. The summed E-state index contributed by atoms with van der Waals surface area (Å²) >= 11 is 0. The predicted molar refractivity (Wildman–Crippen MR) is 66.9 cm³/mol. The average Bonchev–Trinajstić information content (AvgIpc) is 2.46. The number of aliphatic imine (C=N–C) groups is 1. The topological polar surface area (TPSA) is 51.1 Å². The summed E-state index contributed by atoms with van der Waals surface area (Å²) in [5.74, 6) is 0.481. The third-order valence-electron chi connectivity index (χ3n) is 2.45. The van der Waals surface area contributed by atoms with E-state index in [1.165, 1.54) is 18.2 Å². The van der Waals surface area contributed by atoms with Crippen LogP contribution in [0.2, 0.25) is 0 Å². The molecule has 0 saturated heterocycles. The molecule has 94 valence electrons. The normalized spacial score (nSPS) is 14.1. The highest BCUT2D eigenvalue weighted by Gasteiger charge is 2.17. The van der Waals surface area contributed by atoms with Crippen LogP contribution in [0.25, 0.3) is 0 Å². The number of ether oxygens (including phenoxy) is 2. The summed E-state index contributed by atoms with van der Waals surface area (Å²) in [7, 11) is 1.52. The molecular weight excluding hydrogens is 232 g/mol. The Morgan fingerprint density at radius 3 is 2.89 bits per heavy atom. The first-order chi connectivity index (χ1) is 8.79. The molecule has 0 bridgehead atoms. The third kappa shape index (κ3) is 3.10. The Balaban J connectivity index is 1.86. The lowest BCUT2D eigenvalue weighted by molar-refractivity contribution is 0.112. The van der Waals surface area contributed by atoms with E-state index in [9.17, 15) is 4.79 Å². The first kappa shape index (κ1) is 12.2. The molecule has 1 heterocycles. The zero-order valence-electron chi connectivity index (χ0n) is 10.1. The minimum Gasteiger partial charge on any atom is -0.483 e. The molecular formula is C13H14N2O3. The lowest BCUT2D eigenvalue weighted by atomic mass is 10.2. The highest BCUT2D eigenvalue weighted by molar-refractivity contribution is 5.84. The molecule has 0 N–H and O–H groups in total. The Labute approximate surface area is 105 Å². The monoisotopic (exact) mass is 246 g/mol. The largest absolute Gasteiger partial charge is 0.483 e. The van der Waals surface area contributed by atoms with Crippen molar-refractivity contribution >= 4 is 12.0 Å². The van der Waals surface area contributed by atoms with Gasteiger partial charge in [-0.25, -0.2) is 9.79 Å².